The second-order valence-electron chi connectivity index (χ2n) is 13.2. The topological polar surface area (TPSA) is 98.7 Å². The second-order valence-corrected chi connectivity index (χ2v) is 13.2. The first-order chi connectivity index (χ1) is 23.4. The third-order valence-corrected chi connectivity index (χ3v) is 8.78. The Morgan fingerprint density at radius 3 is 1.08 bits per heavy atom. The van der Waals surface area contributed by atoms with Crippen LogP contribution < -0.4 is 19.7 Å². The molecule has 2 unspecified atom stereocenters. The molecule has 0 aliphatic carbocycles. The Bertz CT molecular complexity index is 1000. The molecule has 2 aromatic carbocycles. The molecule has 0 radical (unpaired) electrons. The third kappa shape index (κ3) is 22.8. The van der Waals surface area contributed by atoms with Crippen LogP contribution in [0.5, 0.6) is 11.5 Å². The molecule has 0 N–H and O–H groups in total. The van der Waals surface area contributed by atoms with Crippen LogP contribution >= 0.6 is 0 Å². The van der Waals surface area contributed by atoms with Crippen LogP contribution in [0.3, 0.4) is 0 Å². The van der Waals surface area contributed by atoms with Gasteiger partial charge in [-0.15, -0.1) is 0 Å². The number of hydrogen-bond acceptors (Lipinski definition) is 6. The van der Waals surface area contributed by atoms with Gasteiger partial charge in [0.15, 0.2) is 0 Å². The molecule has 0 bridgehead atoms. The molecule has 49 heavy (non-hydrogen) atoms. The molecular weight excluding hydrogens is 666 g/mol. The molecule has 0 saturated carbocycles. The van der Waals surface area contributed by atoms with Crippen LogP contribution in [-0.2, 0) is 19.5 Å². The molecule has 272 valence electrons. The summed E-state index contributed by atoms with van der Waals surface area (Å²) in [4.78, 5) is 22.4. The van der Waals surface area contributed by atoms with E-state index in [0.717, 1.165) is 51.4 Å². The number of ether oxygens (including phenoxy) is 2. The summed E-state index contributed by atoms with van der Waals surface area (Å²) in [5.74, 6) is -1.47. The maximum atomic E-state index is 11.2. The van der Waals surface area contributed by atoms with E-state index in [1.807, 2.05) is 0 Å². The molecule has 2 atom stereocenters. The summed E-state index contributed by atoms with van der Waals surface area (Å²) in [7, 11) is 0. The van der Waals surface area contributed by atoms with E-state index in [0.29, 0.717) is 11.5 Å². The van der Waals surface area contributed by atoms with E-state index in [1.165, 1.54) is 89.9 Å². The summed E-state index contributed by atoms with van der Waals surface area (Å²) in [6.45, 7) is 8.75. The van der Waals surface area contributed by atoms with Crippen LogP contribution in [0.2, 0.25) is 0 Å². The molecule has 0 amide bonds. The smallest absolute Gasteiger partial charge is 0.545 e. The average Bonchev–Trinajstić information content (AvgIpc) is 3.08. The van der Waals surface area contributed by atoms with Crippen LogP contribution in [0.4, 0.5) is 0 Å². The van der Waals surface area contributed by atoms with Crippen molar-refractivity contribution in [3.05, 3.63) is 59.7 Å². The first kappa shape index (κ1) is 46.6. The van der Waals surface area contributed by atoms with Crippen LogP contribution in [0.1, 0.15) is 190 Å². The Balaban J connectivity index is 0.000000922. The van der Waals surface area contributed by atoms with Gasteiger partial charge in [0.2, 0.25) is 0 Å². The van der Waals surface area contributed by atoms with Gasteiger partial charge in [0.05, 0.1) is 24.1 Å². The van der Waals surface area contributed by atoms with Gasteiger partial charge in [-0.3, -0.25) is 0 Å². The molecule has 2 aromatic rings. The van der Waals surface area contributed by atoms with Gasteiger partial charge in [-0.2, -0.15) is 0 Å². The zero-order valence-electron chi connectivity index (χ0n) is 31.5. The second kappa shape index (κ2) is 31.6. The number of hydrogen-bond donors (Lipinski definition) is 0. The van der Waals surface area contributed by atoms with Crippen molar-refractivity contribution in [2.24, 2.45) is 0 Å². The molecule has 0 spiro atoms. The number of carboxylic acid groups (broad SMARTS) is 2. The number of rotatable bonds is 28. The van der Waals surface area contributed by atoms with E-state index in [-0.39, 0.29) is 42.8 Å². The van der Waals surface area contributed by atoms with Gasteiger partial charge in [-0.05, 0) is 62.8 Å². The molecule has 0 heterocycles. The number of benzene rings is 2. The Labute approximate surface area is 311 Å². The largest absolute Gasteiger partial charge is 2.00 e. The quantitative estimate of drug-likeness (QED) is 0.0638. The third-order valence-electron chi connectivity index (χ3n) is 8.78. The first-order valence-corrected chi connectivity index (χ1v) is 19.3. The van der Waals surface area contributed by atoms with Crippen LogP contribution in [-0.4, -0.2) is 24.1 Å². The summed E-state index contributed by atoms with van der Waals surface area (Å²) in [6, 6.07) is 13.6. The predicted molar refractivity (Wildman–Crippen MR) is 195 cm³/mol. The summed E-state index contributed by atoms with van der Waals surface area (Å²) in [5, 5.41) is 22.4. The number of carboxylic acids is 2. The summed E-state index contributed by atoms with van der Waals surface area (Å²) < 4.78 is 12.0. The minimum Gasteiger partial charge on any atom is -0.545 e. The minimum absolute atomic E-state index is 0. The van der Waals surface area contributed by atoms with Gasteiger partial charge in [-0.25, -0.2) is 0 Å². The molecule has 7 heteroatoms. The first-order valence-electron chi connectivity index (χ1n) is 19.3. The van der Waals surface area contributed by atoms with Gasteiger partial charge < -0.3 is 29.3 Å². The van der Waals surface area contributed by atoms with E-state index in [2.05, 4.69) is 27.7 Å². The Hall–Kier alpha value is -2.40. The van der Waals surface area contributed by atoms with Crippen molar-refractivity contribution in [2.75, 3.05) is 0 Å². The van der Waals surface area contributed by atoms with E-state index >= 15 is 0 Å². The van der Waals surface area contributed by atoms with Crippen molar-refractivity contribution in [3.63, 3.8) is 0 Å². The van der Waals surface area contributed by atoms with E-state index < -0.39 is 11.9 Å². The van der Waals surface area contributed by atoms with Crippen molar-refractivity contribution < 1.29 is 48.8 Å². The van der Waals surface area contributed by atoms with Crippen molar-refractivity contribution in [1.82, 2.24) is 0 Å². The minimum atomic E-state index is -1.17. The molecule has 0 aliphatic rings. The molecule has 2 rings (SSSR count). The predicted octanol–water partition coefficient (Wildman–Crippen LogP) is 10.3. The maximum Gasteiger partial charge on any atom is 2.00 e. The monoisotopic (exact) mass is 730 g/mol. The molecule has 6 nitrogen and oxygen atoms in total. The summed E-state index contributed by atoms with van der Waals surface area (Å²) in [6.07, 6.45) is 26.9. The molecule has 0 aromatic heterocycles. The fourth-order valence-corrected chi connectivity index (χ4v) is 6.02. The standard InChI is InChI=1S/2C21H34O3.Zn/c2*1-3-5-6-7-8-9-10-11-15-18(14-4-2)24-20-17-13-12-16-19(20)21(22)23;/h2*12-13,16-18H,3-11,14-15H2,1-2H3,(H,22,23);/q;;+2/p-2. The SMILES string of the molecule is CCCCCCCCCCC(CCC)Oc1ccccc1C(=O)[O-].CCCCCCCCCCC(CCC)Oc1ccccc1C(=O)[O-].[Zn+2]. The van der Waals surface area contributed by atoms with Crippen molar-refractivity contribution in [2.45, 2.75) is 181 Å². The fourth-order valence-electron chi connectivity index (χ4n) is 6.02. The summed E-state index contributed by atoms with van der Waals surface area (Å²) in [5.41, 5.74) is 0.295. The van der Waals surface area contributed by atoms with Crippen molar-refractivity contribution >= 4 is 11.9 Å². The Morgan fingerprint density at radius 1 is 0.469 bits per heavy atom. The molecule has 0 fully saturated rings. The average molecular weight is 732 g/mol. The number of carbonyl (C=O) groups is 2. The molecule has 0 saturated heterocycles. The van der Waals surface area contributed by atoms with Gasteiger partial charge in [-0.1, -0.05) is 155 Å². The fraction of sp³-hybridized carbons (Fsp3) is 0.667. The summed E-state index contributed by atoms with van der Waals surface area (Å²) >= 11 is 0. The zero-order chi connectivity index (χ0) is 35.2. The molecular formula is C42H66O6Zn. The molecule has 0 aliphatic heterocycles. The van der Waals surface area contributed by atoms with E-state index in [1.54, 1.807) is 48.5 Å². The Kier molecular flexibility index (Phi) is 30.0. The van der Waals surface area contributed by atoms with Crippen LogP contribution in [0.25, 0.3) is 0 Å². The van der Waals surface area contributed by atoms with Crippen LogP contribution in [0, 0.1) is 0 Å². The van der Waals surface area contributed by atoms with Crippen molar-refractivity contribution in [3.8, 4) is 11.5 Å². The maximum absolute atomic E-state index is 11.2. The van der Waals surface area contributed by atoms with Gasteiger partial charge >= 0.3 is 19.5 Å². The van der Waals surface area contributed by atoms with Gasteiger partial charge in [0.1, 0.15) is 11.5 Å². The van der Waals surface area contributed by atoms with Crippen LogP contribution in [0.15, 0.2) is 48.5 Å². The zero-order valence-corrected chi connectivity index (χ0v) is 34.5. The van der Waals surface area contributed by atoms with Crippen molar-refractivity contribution in [1.29, 1.82) is 0 Å². The number of para-hydroxylation sites is 2. The number of carbonyl (C=O) groups excluding carboxylic acids is 2. The van der Waals surface area contributed by atoms with E-state index in [9.17, 15) is 19.8 Å². The number of aromatic carboxylic acids is 2. The Morgan fingerprint density at radius 2 is 0.776 bits per heavy atom. The number of unbranched alkanes of at least 4 members (excludes halogenated alkanes) is 14. The van der Waals surface area contributed by atoms with Gasteiger partial charge in [0, 0.05) is 11.1 Å². The normalized spacial score (nSPS) is 11.8. The van der Waals surface area contributed by atoms with Gasteiger partial charge in [0.25, 0.3) is 0 Å². The van der Waals surface area contributed by atoms with E-state index in [4.69, 9.17) is 9.47 Å².